The van der Waals surface area contributed by atoms with Gasteiger partial charge in [-0.1, -0.05) is 30.3 Å². The van der Waals surface area contributed by atoms with Crippen LogP contribution in [0.4, 0.5) is 0 Å². The number of piperazine rings is 1. The number of hydrogen-bond donors (Lipinski definition) is 0. The fraction of sp³-hybridized carbons (Fsp3) is 0.435. The lowest BCUT2D eigenvalue weighted by Crippen LogP contribution is -2.49. The normalized spacial score (nSPS) is 14.7. The molecule has 5 nitrogen and oxygen atoms in total. The molecule has 150 valence electrons. The molecule has 1 saturated heterocycles. The number of methoxy groups -OCH3 is 2. The SMILES string of the molecule is COc1ccc(OC)c(CCN2CCN(C(=O)CCc3ccccc3)CC2)c1. The fourth-order valence-corrected chi connectivity index (χ4v) is 3.63. The van der Waals surface area contributed by atoms with Gasteiger partial charge in [-0.15, -0.1) is 0 Å². The largest absolute Gasteiger partial charge is 0.497 e. The van der Waals surface area contributed by atoms with Crippen LogP contribution in [0.2, 0.25) is 0 Å². The Hall–Kier alpha value is -2.53. The molecule has 0 spiro atoms. The lowest BCUT2D eigenvalue weighted by Gasteiger charge is -2.35. The van der Waals surface area contributed by atoms with Crippen LogP contribution in [0.15, 0.2) is 48.5 Å². The van der Waals surface area contributed by atoms with Crippen molar-refractivity contribution >= 4 is 5.91 Å². The monoisotopic (exact) mass is 382 g/mol. The van der Waals surface area contributed by atoms with E-state index in [1.165, 1.54) is 5.56 Å². The van der Waals surface area contributed by atoms with Crippen molar-refractivity contribution in [1.29, 1.82) is 0 Å². The van der Waals surface area contributed by atoms with Gasteiger partial charge in [-0.3, -0.25) is 9.69 Å². The number of carbonyl (C=O) groups excluding carboxylic acids is 1. The molecule has 0 N–H and O–H groups in total. The summed E-state index contributed by atoms with van der Waals surface area (Å²) in [6.45, 7) is 4.41. The zero-order chi connectivity index (χ0) is 19.8. The molecule has 28 heavy (non-hydrogen) atoms. The second-order valence-electron chi connectivity index (χ2n) is 7.14. The summed E-state index contributed by atoms with van der Waals surface area (Å²) in [7, 11) is 3.38. The molecule has 1 aliphatic heterocycles. The quantitative estimate of drug-likeness (QED) is 0.704. The average molecular weight is 383 g/mol. The Morgan fingerprint density at radius 3 is 2.36 bits per heavy atom. The Morgan fingerprint density at radius 1 is 0.929 bits per heavy atom. The predicted molar refractivity (Wildman–Crippen MR) is 111 cm³/mol. The van der Waals surface area contributed by atoms with Crippen LogP contribution in [0, 0.1) is 0 Å². The first-order chi connectivity index (χ1) is 13.7. The van der Waals surface area contributed by atoms with Crippen molar-refractivity contribution in [3.63, 3.8) is 0 Å². The maximum atomic E-state index is 12.5. The summed E-state index contributed by atoms with van der Waals surface area (Å²) in [6, 6.07) is 16.1. The van der Waals surface area contributed by atoms with Gasteiger partial charge in [0, 0.05) is 39.1 Å². The number of ether oxygens (including phenoxy) is 2. The number of nitrogens with zero attached hydrogens (tertiary/aromatic N) is 2. The third-order valence-electron chi connectivity index (χ3n) is 5.38. The lowest BCUT2D eigenvalue weighted by molar-refractivity contribution is -0.132. The van der Waals surface area contributed by atoms with Crippen molar-refractivity contribution in [2.24, 2.45) is 0 Å². The summed E-state index contributed by atoms with van der Waals surface area (Å²) in [4.78, 5) is 16.9. The van der Waals surface area contributed by atoms with Crippen molar-refractivity contribution in [2.75, 3.05) is 46.9 Å². The maximum Gasteiger partial charge on any atom is 0.222 e. The van der Waals surface area contributed by atoms with E-state index >= 15 is 0 Å². The molecule has 0 atom stereocenters. The van der Waals surface area contributed by atoms with Crippen molar-refractivity contribution in [2.45, 2.75) is 19.3 Å². The third kappa shape index (κ3) is 5.49. The van der Waals surface area contributed by atoms with Crippen LogP contribution in [0.1, 0.15) is 17.5 Å². The highest BCUT2D eigenvalue weighted by atomic mass is 16.5. The van der Waals surface area contributed by atoms with Gasteiger partial charge in [0.25, 0.3) is 0 Å². The molecule has 1 fully saturated rings. The number of hydrogen-bond acceptors (Lipinski definition) is 4. The van der Waals surface area contributed by atoms with Gasteiger partial charge in [-0.25, -0.2) is 0 Å². The Bertz CT molecular complexity index is 756. The highest BCUT2D eigenvalue weighted by molar-refractivity contribution is 5.76. The molecule has 0 saturated carbocycles. The van der Waals surface area contributed by atoms with Crippen LogP contribution >= 0.6 is 0 Å². The number of rotatable bonds is 8. The smallest absolute Gasteiger partial charge is 0.222 e. The highest BCUT2D eigenvalue weighted by Crippen LogP contribution is 2.24. The van der Waals surface area contributed by atoms with E-state index in [1.807, 2.05) is 41.3 Å². The first-order valence-electron chi connectivity index (χ1n) is 9.94. The van der Waals surface area contributed by atoms with Gasteiger partial charge >= 0.3 is 0 Å². The minimum Gasteiger partial charge on any atom is -0.497 e. The van der Waals surface area contributed by atoms with Crippen LogP contribution in [-0.2, 0) is 17.6 Å². The summed E-state index contributed by atoms with van der Waals surface area (Å²) in [5.74, 6) is 2.01. The molecule has 1 aliphatic rings. The van der Waals surface area contributed by atoms with Crippen molar-refractivity contribution in [3.8, 4) is 11.5 Å². The molecule has 1 amide bonds. The molecule has 5 heteroatoms. The third-order valence-corrected chi connectivity index (χ3v) is 5.38. The van der Waals surface area contributed by atoms with E-state index in [1.54, 1.807) is 14.2 Å². The van der Waals surface area contributed by atoms with Gasteiger partial charge in [0.2, 0.25) is 5.91 Å². The predicted octanol–water partition coefficient (Wildman–Crippen LogP) is 3.02. The van der Waals surface area contributed by atoms with Gasteiger partial charge in [-0.05, 0) is 42.2 Å². The molecule has 2 aromatic rings. The molecule has 3 rings (SSSR count). The van der Waals surface area contributed by atoms with Crippen molar-refractivity contribution in [1.82, 2.24) is 9.80 Å². The molecule has 1 heterocycles. The van der Waals surface area contributed by atoms with E-state index in [0.29, 0.717) is 6.42 Å². The molecule has 0 aromatic heterocycles. The molecule has 0 radical (unpaired) electrons. The molecular formula is C23H30N2O3. The van der Waals surface area contributed by atoms with E-state index in [9.17, 15) is 4.79 Å². The van der Waals surface area contributed by atoms with E-state index < -0.39 is 0 Å². The zero-order valence-electron chi connectivity index (χ0n) is 16.9. The minimum atomic E-state index is 0.262. The second kappa shape index (κ2) is 10.1. The minimum absolute atomic E-state index is 0.262. The maximum absolute atomic E-state index is 12.5. The van der Waals surface area contributed by atoms with E-state index in [2.05, 4.69) is 17.0 Å². The Balaban J connectivity index is 1.43. The van der Waals surface area contributed by atoms with Crippen LogP contribution in [-0.4, -0.2) is 62.7 Å². The number of benzene rings is 2. The van der Waals surface area contributed by atoms with Gasteiger partial charge in [0.1, 0.15) is 11.5 Å². The van der Waals surface area contributed by atoms with E-state index in [4.69, 9.17) is 9.47 Å². The standard InChI is InChI=1S/C23H30N2O3/c1-27-21-9-10-22(28-2)20(18-21)12-13-24-14-16-25(17-15-24)23(26)11-8-19-6-4-3-5-7-19/h3-7,9-10,18H,8,11-17H2,1-2H3. The highest BCUT2D eigenvalue weighted by Gasteiger charge is 2.21. The Morgan fingerprint density at radius 2 is 1.68 bits per heavy atom. The van der Waals surface area contributed by atoms with Gasteiger partial charge in [-0.2, -0.15) is 0 Å². The molecule has 0 bridgehead atoms. The van der Waals surface area contributed by atoms with Crippen LogP contribution in [0.25, 0.3) is 0 Å². The topological polar surface area (TPSA) is 42.0 Å². The van der Waals surface area contributed by atoms with Crippen LogP contribution < -0.4 is 9.47 Å². The van der Waals surface area contributed by atoms with Crippen molar-refractivity contribution < 1.29 is 14.3 Å². The van der Waals surface area contributed by atoms with Gasteiger partial charge < -0.3 is 14.4 Å². The van der Waals surface area contributed by atoms with Crippen LogP contribution in [0.3, 0.4) is 0 Å². The second-order valence-corrected chi connectivity index (χ2v) is 7.14. The average Bonchev–Trinajstić information content (AvgIpc) is 2.76. The first-order valence-corrected chi connectivity index (χ1v) is 9.94. The van der Waals surface area contributed by atoms with E-state index in [-0.39, 0.29) is 5.91 Å². The molecular weight excluding hydrogens is 352 g/mol. The van der Waals surface area contributed by atoms with Crippen LogP contribution in [0.5, 0.6) is 11.5 Å². The number of aryl methyl sites for hydroxylation is 1. The summed E-state index contributed by atoms with van der Waals surface area (Å²) in [5, 5.41) is 0. The van der Waals surface area contributed by atoms with Gasteiger partial charge in [0.05, 0.1) is 14.2 Å². The zero-order valence-corrected chi connectivity index (χ0v) is 16.9. The number of amides is 1. The lowest BCUT2D eigenvalue weighted by atomic mass is 10.1. The summed E-state index contributed by atoms with van der Waals surface area (Å²) in [6.07, 6.45) is 2.31. The first kappa shape index (κ1) is 20.2. The molecule has 0 aliphatic carbocycles. The molecule has 0 unspecified atom stereocenters. The van der Waals surface area contributed by atoms with E-state index in [0.717, 1.165) is 62.6 Å². The van der Waals surface area contributed by atoms with Crippen molar-refractivity contribution in [3.05, 3.63) is 59.7 Å². The summed E-state index contributed by atoms with van der Waals surface area (Å²) < 4.78 is 10.8. The Labute approximate surface area is 167 Å². The van der Waals surface area contributed by atoms with Gasteiger partial charge in [0.15, 0.2) is 0 Å². The fourth-order valence-electron chi connectivity index (χ4n) is 3.63. The summed E-state index contributed by atoms with van der Waals surface area (Å²) >= 11 is 0. The summed E-state index contributed by atoms with van der Waals surface area (Å²) in [5.41, 5.74) is 2.38. The number of carbonyl (C=O) groups is 1. The molecule has 2 aromatic carbocycles. The Kier molecular flexibility index (Phi) is 7.31.